The fraction of sp³-hybridized carbons (Fsp3) is 0.455. The zero-order chi connectivity index (χ0) is 29.2. The molecule has 1 aliphatic heterocycles. The molecular weight excluding hydrogens is 538 g/mol. The van der Waals surface area contributed by atoms with Gasteiger partial charge in [0.05, 0.1) is 0 Å². The Hall–Kier alpha value is -5.36. The summed E-state index contributed by atoms with van der Waals surface area (Å²) in [6.45, 7) is 3.85. The molecule has 230 valence electrons. The summed E-state index contributed by atoms with van der Waals surface area (Å²) in [6, 6.07) is -0.206. The quantitative estimate of drug-likeness (QED) is 0.198. The molecule has 0 spiro atoms. The van der Waals surface area contributed by atoms with Crippen LogP contribution in [0.5, 0.6) is 0 Å². The van der Waals surface area contributed by atoms with Crippen molar-refractivity contribution in [3.63, 3.8) is 0 Å². The van der Waals surface area contributed by atoms with Gasteiger partial charge in [0.2, 0.25) is 5.95 Å². The van der Waals surface area contributed by atoms with E-state index in [9.17, 15) is 19.2 Å². The van der Waals surface area contributed by atoms with Gasteiger partial charge in [0.25, 0.3) is 0 Å². The van der Waals surface area contributed by atoms with Crippen molar-refractivity contribution in [1.82, 2.24) is 49.1 Å². The summed E-state index contributed by atoms with van der Waals surface area (Å²) in [7, 11) is 6.37. The maximum Gasteiger partial charge on any atom is 0.365 e. The summed E-state index contributed by atoms with van der Waals surface area (Å²) in [5, 5.41) is 6.13. The molecule has 0 fully saturated rings. The zero-order valence-corrected chi connectivity index (χ0v) is 21.8. The minimum Gasteiger partial charge on any atom is -0.383 e. The lowest BCUT2D eigenvalue weighted by Gasteiger charge is -2.19. The summed E-state index contributed by atoms with van der Waals surface area (Å²) in [5.41, 5.74) is 21.2. The fourth-order valence-corrected chi connectivity index (χ4v) is 2.15. The van der Waals surface area contributed by atoms with Crippen LogP contribution in [0.4, 0.5) is 22.4 Å². The summed E-state index contributed by atoms with van der Waals surface area (Å²) in [6.07, 6.45) is 2.98. The minimum atomic E-state index is -0.428. The van der Waals surface area contributed by atoms with E-state index in [1.165, 1.54) is 27.4 Å². The van der Waals surface area contributed by atoms with Gasteiger partial charge in [-0.1, -0.05) is 22.3 Å². The number of amides is 2. The van der Waals surface area contributed by atoms with Crippen molar-refractivity contribution >= 4 is 29.6 Å². The number of nitrogens with zero attached hydrogens (tertiary/aromatic N) is 10. The maximum atomic E-state index is 10.8. The highest BCUT2D eigenvalue weighted by atomic mass is 16.2. The lowest BCUT2D eigenvalue weighted by atomic mass is 10.3. The SMILES string of the molecule is C.C.C.CN1CN=C(N)NC1=O.Cc1cn(C)c(=O)nc1N.Cc1nn(C)c(=O)nc1N.Cn1cnc(N)nc1=O. The van der Waals surface area contributed by atoms with E-state index in [1.54, 1.807) is 34.3 Å². The van der Waals surface area contributed by atoms with Crippen molar-refractivity contribution in [2.75, 3.05) is 30.9 Å². The summed E-state index contributed by atoms with van der Waals surface area (Å²) < 4.78 is 3.79. The number of hydrogen-bond acceptors (Lipinski definition) is 14. The average Bonchev–Trinajstić information content (AvgIpc) is 2.83. The summed E-state index contributed by atoms with van der Waals surface area (Å²) in [5.74, 6) is 0.711. The Balaban J connectivity index is -0.000000459. The van der Waals surface area contributed by atoms with Crippen LogP contribution in [-0.2, 0) is 21.1 Å². The molecule has 3 aromatic heterocycles. The Bertz CT molecular complexity index is 1410. The van der Waals surface area contributed by atoms with Crippen molar-refractivity contribution in [2.45, 2.75) is 36.1 Å². The molecular formula is C22H43N15O4. The Morgan fingerprint density at radius 1 is 0.780 bits per heavy atom. The molecule has 0 aliphatic carbocycles. The molecule has 3 aromatic rings. The third-order valence-corrected chi connectivity index (χ3v) is 4.38. The van der Waals surface area contributed by atoms with Crippen LogP contribution >= 0.6 is 0 Å². The molecule has 0 atom stereocenters. The van der Waals surface area contributed by atoms with Crippen LogP contribution in [0.15, 0.2) is 31.9 Å². The van der Waals surface area contributed by atoms with Gasteiger partial charge in [-0.25, -0.2) is 33.8 Å². The number of nitrogens with one attached hydrogen (secondary N) is 1. The standard InChI is InChI=1S/C6H9N3O.C5H8N4O.C4H8N4O.C4H6N4O.3CH4/c1-4-3-9(2)6(10)8-5(4)7;1-3-4(6)7-5(10)9(2)8-3;2*1-8-2-6-3(5)7-4(8)9;;;/h3H,1-2H3,(H2,7,8,10);1-2H3,(H2,6,7,10);2H2,1H3,(H3,5,6,7,9);2H,1H3,(H2,5,7,9);3*1H4. The van der Waals surface area contributed by atoms with E-state index in [-0.39, 0.29) is 57.4 Å². The maximum absolute atomic E-state index is 10.8. The Labute approximate surface area is 238 Å². The number of guanidine groups is 1. The smallest absolute Gasteiger partial charge is 0.365 e. The van der Waals surface area contributed by atoms with Gasteiger partial charge >= 0.3 is 23.1 Å². The third-order valence-electron chi connectivity index (χ3n) is 4.38. The van der Waals surface area contributed by atoms with Gasteiger partial charge in [0, 0.05) is 40.0 Å². The molecule has 41 heavy (non-hydrogen) atoms. The molecule has 19 heteroatoms. The van der Waals surface area contributed by atoms with Crippen LogP contribution in [0, 0.1) is 13.8 Å². The molecule has 4 heterocycles. The number of nitrogens with two attached hydrogens (primary N) is 4. The van der Waals surface area contributed by atoms with E-state index < -0.39 is 5.69 Å². The summed E-state index contributed by atoms with van der Waals surface area (Å²) >= 11 is 0. The number of aliphatic imine (C=N–C) groups is 1. The van der Waals surface area contributed by atoms with Gasteiger partial charge in [-0.05, 0) is 13.8 Å². The van der Waals surface area contributed by atoms with Crippen LogP contribution in [0.3, 0.4) is 0 Å². The molecule has 9 N–H and O–H groups in total. The first kappa shape index (κ1) is 40.1. The van der Waals surface area contributed by atoms with Crippen molar-refractivity contribution in [2.24, 2.45) is 31.9 Å². The van der Waals surface area contributed by atoms with Crippen molar-refractivity contribution in [3.8, 4) is 0 Å². The van der Waals surface area contributed by atoms with Gasteiger partial charge in [0.15, 0.2) is 11.8 Å². The predicted octanol–water partition coefficient (Wildman–Crippen LogP) is -1.68. The van der Waals surface area contributed by atoms with E-state index in [4.69, 9.17) is 22.9 Å². The highest BCUT2D eigenvalue weighted by Gasteiger charge is 2.12. The van der Waals surface area contributed by atoms with Crippen molar-refractivity contribution in [1.29, 1.82) is 0 Å². The Morgan fingerprint density at radius 3 is 1.76 bits per heavy atom. The topological polar surface area (TPSA) is 279 Å². The molecule has 0 saturated heterocycles. The normalized spacial score (nSPS) is 11.0. The molecule has 1 aliphatic rings. The Morgan fingerprint density at radius 2 is 1.32 bits per heavy atom. The second kappa shape index (κ2) is 18.0. The van der Waals surface area contributed by atoms with E-state index in [0.717, 1.165) is 10.2 Å². The highest BCUT2D eigenvalue weighted by molar-refractivity contribution is 5.96. The number of carbonyl (C=O) groups is 1. The molecule has 19 nitrogen and oxygen atoms in total. The highest BCUT2D eigenvalue weighted by Crippen LogP contribution is 1.99. The van der Waals surface area contributed by atoms with Crippen LogP contribution in [-0.4, -0.2) is 69.5 Å². The fourth-order valence-electron chi connectivity index (χ4n) is 2.15. The first-order valence-electron chi connectivity index (χ1n) is 10.6. The van der Waals surface area contributed by atoms with Gasteiger partial charge < -0.3 is 32.4 Å². The van der Waals surface area contributed by atoms with Gasteiger partial charge in [-0.2, -0.15) is 20.1 Å². The lowest BCUT2D eigenvalue weighted by Crippen LogP contribution is -2.48. The number of aromatic nitrogens is 8. The molecule has 2 amide bonds. The second-order valence-electron chi connectivity index (χ2n) is 7.61. The van der Waals surface area contributed by atoms with Gasteiger partial charge in [-0.15, -0.1) is 0 Å². The van der Waals surface area contributed by atoms with E-state index in [2.05, 4.69) is 35.3 Å². The van der Waals surface area contributed by atoms with Crippen LogP contribution < -0.4 is 45.3 Å². The minimum absolute atomic E-state index is 0. The molecule has 0 saturated carbocycles. The first-order chi connectivity index (χ1) is 17.6. The van der Waals surface area contributed by atoms with Gasteiger partial charge in [-0.3, -0.25) is 9.88 Å². The number of hydrogen-bond donors (Lipinski definition) is 5. The van der Waals surface area contributed by atoms with Crippen molar-refractivity contribution in [3.05, 3.63) is 55.2 Å². The average molecular weight is 582 g/mol. The number of aryl methyl sites for hydroxylation is 5. The lowest BCUT2D eigenvalue weighted by molar-refractivity contribution is 0.212. The van der Waals surface area contributed by atoms with E-state index in [1.807, 2.05) is 6.92 Å². The van der Waals surface area contributed by atoms with Gasteiger partial charge in [0.1, 0.15) is 24.5 Å². The van der Waals surface area contributed by atoms with E-state index in [0.29, 0.717) is 18.2 Å². The zero-order valence-electron chi connectivity index (χ0n) is 21.8. The monoisotopic (exact) mass is 581 g/mol. The number of anilines is 3. The third kappa shape index (κ3) is 13.3. The van der Waals surface area contributed by atoms with Crippen LogP contribution in [0.1, 0.15) is 33.5 Å². The molecule has 0 unspecified atom stereocenters. The first-order valence-corrected chi connectivity index (χ1v) is 10.6. The summed E-state index contributed by atoms with van der Waals surface area (Å²) in [4.78, 5) is 61.8. The molecule has 0 aromatic carbocycles. The molecule has 0 radical (unpaired) electrons. The largest absolute Gasteiger partial charge is 0.383 e. The van der Waals surface area contributed by atoms with E-state index >= 15 is 0 Å². The van der Waals surface area contributed by atoms with Crippen LogP contribution in [0.25, 0.3) is 0 Å². The molecule has 4 rings (SSSR count). The number of rotatable bonds is 0. The number of nitrogen functional groups attached to an aromatic ring is 3. The molecule has 0 bridgehead atoms. The van der Waals surface area contributed by atoms with Crippen LogP contribution in [0.2, 0.25) is 0 Å². The predicted molar refractivity (Wildman–Crippen MR) is 160 cm³/mol. The number of carbonyl (C=O) groups excluding carboxylic acids is 1. The Kier molecular flexibility index (Phi) is 17.6. The second-order valence-corrected chi connectivity index (χ2v) is 7.61. The number of urea groups is 1. The van der Waals surface area contributed by atoms with Crippen molar-refractivity contribution < 1.29 is 4.79 Å².